The molecule has 0 radical (unpaired) electrons. The Kier molecular flexibility index (Phi) is 7.24. The fourth-order valence-corrected chi connectivity index (χ4v) is 3.40. The van der Waals surface area contributed by atoms with Gasteiger partial charge in [-0.1, -0.05) is 6.07 Å². The number of benzene rings is 1. The SMILES string of the molecule is COc1cccc(OC)c1OC(=O)C(CCS(C)(=O)=O)N1CCOCC1. The summed E-state index contributed by atoms with van der Waals surface area (Å²) in [7, 11) is -0.270. The van der Waals surface area contributed by atoms with Gasteiger partial charge in [-0.25, -0.2) is 13.2 Å². The predicted molar refractivity (Wildman–Crippen MR) is 95.7 cm³/mol. The zero-order valence-corrected chi connectivity index (χ0v) is 16.1. The number of methoxy groups -OCH3 is 2. The Morgan fingerprint density at radius 2 is 1.77 bits per heavy atom. The van der Waals surface area contributed by atoms with E-state index in [2.05, 4.69) is 0 Å². The van der Waals surface area contributed by atoms with Gasteiger partial charge in [0, 0.05) is 19.3 Å². The van der Waals surface area contributed by atoms with Crippen LogP contribution in [0.1, 0.15) is 6.42 Å². The predicted octanol–water partition coefficient (Wildman–Crippen LogP) is 0.745. The number of nitrogens with zero attached hydrogens (tertiary/aromatic N) is 1. The highest BCUT2D eigenvalue weighted by Gasteiger charge is 2.31. The first kappa shape index (κ1) is 20.5. The Morgan fingerprint density at radius 1 is 1.19 bits per heavy atom. The van der Waals surface area contributed by atoms with Crippen LogP contribution in [0.15, 0.2) is 18.2 Å². The second-order valence-corrected chi connectivity index (χ2v) is 8.26. The number of esters is 1. The zero-order chi connectivity index (χ0) is 19.2. The van der Waals surface area contributed by atoms with Crippen LogP contribution in [0.25, 0.3) is 0 Å². The molecule has 1 heterocycles. The molecule has 9 heteroatoms. The van der Waals surface area contributed by atoms with E-state index in [0.717, 1.165) is 6.26 Å². The zero-order valence-electron chi connectivity index (χ0n) is 15.3. The Labute approximate surface area is 153 Å². The van der Waals surface area contributed by atoms with Crippen LogP contribution in [0.4, 0.5) is 0 Å². The highest BCUT2D eigenvalue weighted by Crippen LogP contribution is 2.37. The maximum absolute atomic E-state index is 12.9. The number of hydrogen-bond donors (Lipinski definition) is 0. The largest absolute Gasteiger partial charge is 0.493 e. The second-order valence-electron chi connectivity index (χ2n) is 6.00. The molecule has 0 N–H and O–H groups in total. The number of hydrogen-bond acceptors (Lipinski definition) is 8. The molecule has 1 atom stereocenters. The average molecular weight is 387 g/mol. The molecule has 8 nitrogen and oxygen atoms in total. The van der Waals surface area contributed by atoms with E-state index in [4.69, 9.17) is 18.9 Å². The van der Waals surface area contributed by atoms with E-state index >= 15 is 0 Å². The Bertz CT molecular complexity index is 692. The summed E-state index contributed by atoms with van der Waals surface area (Å²) in [5.41, 5.74) is 0. The van der Waals surface area contributed by atoms with Crippen molar-refractivity contribution in [3.63, 3.8) is 0 Å². The molecule has 0 aliphatic carbocycles. The van der Waals surface area contributed by atoms with Crippen molar-refractivity contribution < 1.29 is 32.2 Å². The molecule has 1 aliphatic heterocycles. The molecule has 2 rings (SSSR count). The molecule has 146 valence electrons. The van der Waals surface area contributed by atoms with Crippen molar-refractivity contribution in [3.8, 4) is 17.2 Å². The number of sulfone groups is 1. The molecular formula is C17H25NO7S. The van der Waals surface area contributed by atoms with Crippen molar-refractivity contribution in [2.75, 3.05) is 52.5 Å². The normalized spacial score (nSPS) is 16.7. The average Bonchev–Trinajstić information content (AvgIpc) is 2.62. The molecule has 1 aromatic rings. The third-order valence-corrected chi connectivity index (χ3v) is 5.08. The highest BCUT2D eigenvalue weighted by molar-refractivity contribution is 7.90. The standard InChI is InChI=1S/C17H25NO7S/c1-22-14-5-4-6-15(23-2)16(14)25-17(19)13(7-12-26(3,20)21)18-8-10-24-11-9-18/h4-6,13H,7-12H2,1-3H3. The molecule has 0 saturated carbocycles. The van der Waals surface area contributed by atoms with Crippen LogP contribution >= 0.6 is 0 Å². The van der Waals surface area contributed by atoms with E-state index in [9.17, 15) is 13.2 Å². The van der Waals surface area contributed by atoms with E-state index in [-0.39, 0.29) is 17.9 Å². The summed E-state index contributed by atoms with van der Waals surface area (Å²) in [6.07, 6.45) is 1.30. The van der Waals surface area contributed by atoms with Crippen LogP contribution in [-0.4, -0.2) is 77.9 Å². The molecule has 1 aliphatic rings. The van der Waals surface area contributed by atoms with Crippen molar-refractivity contribution in [1.29, 1.82) is 0 Å². The lowest BCUT2D eigenvalue weighted by Crippen LogP contribution is -2.49. The van der Waals surface area contributed by atoms with Gasteiger partial charge in [0.2, 0.25) is 5.75 Å². The Hall–Kier alpha value is -1.84. The molecule has 0 amide bonds. The third kappa shape index (κ3) is 5.58. The molecule has 1 fully saturated rings. The van der Waals surface area contributed by atoms with Crippen molar-refractivity contribution in [3.05, 3.63) is 18.2 Å². The van der Waals surface area contributed by atoms with E-state index in [0.29, 0.717) is 37.8 Å². The van der Waals surface area contributed by atoms with Crippen LogP contribution in [-0.2, 0) is 19.4 Å². The molecule has 0 spiro atoms. The molecule has 0 bridgehead atoms. The minimum atomic E-state index is -3.20. The van der Waals surface area contributed by atoms with E-state index in [1.165, 1.54) is 14.2 Å². The van der Waals surface area contributed by atoms with Gasteiger partial charge in [-0.05, 0) is 18.6 Å². The van der Waals surface area contributed by atoms with Crippen molar-refractivity contribution in [2.24, 2.45) is 0 Å². The van der Waals surface area contributed by atoms with Crippen molar-refractivity contribution >= 4 is 15.8 Å². The van der Waals surface area contributed by atoms with Crippen LogP contribution in [0.2, 0.25) is 0 Å². The minimum absolute atomic E-state index is 0.104. The number of para-hydroxylation sites is 1. The number of morpholine rings is 1. The Balaban J connectivity index is 2.23. The molecule has 1 aromatic carbocycles. The van der Waals surface area contributed by atoms with Gasteiger partial charge < -0.3 is 18.9 Å². The smallest absolute Gasteiger partial charge is 0.329 e. The topological polar surface area (TPSA) is 91.4 Å². The maximum Gasteiger partial charge on any atom is 0.329 e. The summed E-state index contributed by atoms with van der Waals surface area (Å²) in [6, 6.07) is 4.35. The summed E-state index contributed by atoms with van der Waals surface area (Å²) in [4.78, 5) is 14.7. The van der Waals surface area contributed by atoms with Gasteiger partial charge in [0.25, 0.3) is 0 Å². The van der Waals surface area contributed by atoms with Crippen LogP contribution in [0.5, 0.6) is 17.2 Å². The van der Waals surface area contributed by atoms with Gasteiger partial charge in [-0.3, -0.25) is 4.90 Å². The van der Waals surface area contributed by atoms with Gasteiger partial charge >= 0.3 is 5.97 Å². The summed E-state index contributed by atoms with van der Waals surface area (Å²) in [5.74, 6) is 0.259. The first-order valence-corrected chi connectivity index (χ1v) is 10.3. The van der Waals surface area contributed by atoms with Gasteiger partial charge in [-0.15, -0.1) is 0 Å². The van der Waals surface area contributed by atoms with Crippen LogP contribution < -0.4 is 14.2 Å². The van der Waals surface area contributed by atoms with Gasteiger partial charge in [0.15, 0.2) is 11.5 Å². The van der Waals surface area contributed by atoms with Crippen molar-refractivity contribution in [2.45, 2.75) is 12.5 Å². The third-order valence-electron chi connectivity index (χ3n) is 4.11. The number of carbonyl (C=O) groups excluding carboxylic acids is 1. The quantitative estimate of drug-likeness (QED) is 0.477. The van der Waals surface area contributed by atoms with E-state index < -0.39 is 21.8 Å². The van der Waals surface area contributed by atoms with Gasteiger partial charge in [-0.2, -0.15) is 0 Å². The molecule has 26 heavy (non-hydrogen) atoms. The van der Waals surface area contributed by atoms with E-state index in [1.807, 2.05) is 4.90 Å². The number of ether oxygens (including phenoxy) is 4. The monoisotopic (exact) mass is 387 g/mol. The maximum atomic E-state index is 12.9. The second kappa shape index (κ2) is 9.20. The summed E-state index contributed by atoms with van der Waals surface area (Å²) in [5, 5.41) is 0. The summed E-state index contributed by atoms with van der Waals surface area (Å²) >= 11 is 0. The lowest BCUT2D eigenvalue weighted by atomic mass is 10.1. The van der Waals surface area contributed by atoms with Gasteiger partial charge in [0.05, 0.1) is 33.2 Å². The molecule has 1 unspecified atom stereocenters. The lowest BCUT2D eigenvalue weighted by Gasteiger charge is -2.33. The fraction of sp³-hybridized carbons (Fsp3) is 0.588. The van der Waals surface area contributed by atoms with Gasteiger partial charge in [0.1, 0.15) is 15.9 Å². The Morgan fingerprint density at radius 3 is 2.27 bits per heavy atom. The van der Waals surface area contributed by atoms with Crippen molar-refractivity contribution in [1.82, 2.24) is 4.90 Å². The first-order chi connectivity index (χ1) is 12.4. The first-order valence-electron chi connectivity index (χ1n) is 8.28. The lowest BCUT2D eigenvalue weighted by molar-refractivity contribution is -0.142. The molecule has 0 aromatic heterocycles. The highest BCUT2D eigenvalue weighted by atomic mass is 32.2. The number of rotatable bonds is 8. The van der Waals surface area contributed by atoms with E-state index in [1.54, 1.807) is 18.2 Å². The molecular weight excluding hydrogens is 362 g/mol. The number of carbonyl (C=O) groups is 1. The van der Waals surface area contributed by atoms with Crippen LogP contribution in [0.3, 0.4) is 0 Å². The summed E-state index contributed by atoms with van der Waals surface area (Å²) in [6.45, 7) is 2.04. The summed E-state index contributed by atoms with van der Waals surface area (Å²) < 4.78 is 44.5. The minimum Gasteiger partial charge on any atom is -0.493 e. The molecule has 1 saturated heterocycles. The fourth-order valence-electron chi connectivity index (χ4n) is 2.75. The van der Waals surface area contributed by atoms with Crippen LogP contribution in [0, 0.1) is 0 Å².